The standard InChI is InChI=1S/C17H16N2O3/c1-12-18-19-17(22-12)14-8-6-13(7-9-14)11-21-16-5-3-4-15(10-16)20-2/h3-10H,11H2,1-2H3. The second kappa shape index (κ2) is 6.30. The van der Waals surface area contributed by atoms with E-state index in [4.69, 9.17) is 13.9 Å². The Bertz CT molecular complexity index is 751. The van der Waals surface area contributed by atoms with Crippen molar-refractivity contribution in [3.8, 4) is 23.0 Å². The van der Waals surface area contributed by atoms with E-state index in [0.29, 0.717) is 18.4 Å². The molecule has 1 heterocycles. The molecule has 0 amide bonds. The van der Waals surface area contributed by atoms with Gasteiger partial charge in [0.2, 0.25) is 11.8 Å². The summed E-state index contributed by atoms with van der Waals surface area (Å²) in [5.41, 5.74) is 1.95. The minimum absolute atomic E-state index is 0.482. The molecule has 0 N–H and O–H groups in total. The molecule has 5 heteroatoms. The van der Waals surface area contributed by atoms with Gasteiger partial charge in [0.15, 0.2) is 0 Å². The molecule has 0 bridgehead atoms. The Balaban J connectivity index is 1.66. The molecule has 0 saturated heterocycles. The number of ether oxygens (including phenoxy) is 2. The van der Waals surface area contributed by atoms with Crippen molar-refractivity contribution >= 4 is 0 Å². The molecule has 0 aliphatic rings. The number of aromatic nitrogens is 2. The first kappa shape index (κ1) is 14.1. The summed E-state index contributed by atoms with van der Waals surface area (Å²) in [7, 11) is 1.64. The molecule has 0 aliphatic heterocycles. The third kappa shape index (κ3) is 3.25. The van der Waals surface area contributed by atoms with Crippen LogP contribution in [-0.4, -0.2) is 17.3 Å². The second-order valence-electron chi connectivity index (χ2n) is 4.79. The van der Waals surface area contributed by atoms with Crippen LogP contribution in [0.15, 0.2) is 52.9 Å². The number of nitrogens with zero attached hydrogens (tertiary/aromatic N) is 2. The predicted octanol–water partition coefficient (Wildman–Crippen LogP) is 3.63. The number of hydrogen-bond acceptors (Lipinski definition) is 5. The predicted molar refractivity (Wildman–Crippen MR) is 81.8 cm³/mol. The molecule has 0 atom stereocenters. The minimum atomic E-state index is 0.482. The van der Waals surface area contributed by atoms with E-state index in [2.05, 4.69) is 10.2 Å². The van der Waals surface area contributed by atoms with Gasteiger partial charge in [-0.15, -0.1) is 10.2 Å². The number of hydrogen-bond donors (Lipinski definition) is 0. The van der Waals surface area contributed by atoms with Crippen molar-refractivity contribution in [2.24, 2.45) is 0 Å². The van der Waals surface area contributed by atoms with Crippen LogP contribution in [0.25, 0.3) is 11.5 Å². The summed E-state index contributed by atoms with van der Waals surface area (Å²) < 4.78 is 16.3. The monoisotopic (exact) mass is 296 g/mol. The van der Waals surface area contributed by atoms with E-state index in [1.165, 1.54) is 0 Å². The number of aryl methyl sites for hydroxylation is 1. The van der Waals surface area contributed by atoms with Crippen molar-refractivity contribution in [2.75, 3.05) is 7.11 Å². The smallest absolute Gasteiger partial charge is 0.247 e. The molecule has 112 valence electrons. The number of rotatable bonds is 5. The van der Waals surface area contributed by atoms with Crippen molar-refractivity contribution in [1.82, 2.24) is 10.2 Å². The molecular formula is C17H16N2O3. The molecular weight excluding hydrogens is 280 g/mol. The minimum Gasteiger partial charge on any atom is -0.497 e. The molecule has 0 aliphatic carbocycles. The Morgan fingerprint density at radius 1 is 1.00 bits per heavy atom. The Labute approximate surface area is 128 Å². The maximum absolute atomic E-state index is 5.75. The average molecular weight is 296 g/mol. The Hall–Kier alpha value is -2.82. The Kier molecular flexibility index (Phi) is 4.05. The average Bonchev–Trinajstić information content (AvgIpc) is 3.00. The molecule has 0 spiro atoms. The van der Waals surface area contributed by atoms with Gasteiger partial charge in [0.1, 0.15) is 18.1 Å². The van der Waals surface area contributed by atoms with E-state index < -0.39 is 0 Å². The lowest BCUT2D eigenvalue weighted by molar-refractivity contribution is 0.303. The quantitative estimate of drug-likeness (QED) is 0.719. The molecule has 5 nitrogen and oxygen atoms in total. The van der Waals surface area contributed by atoms with Gasteiger partial charge >= 0.3 is 0 Å². The van der Waals surface area contributed by atoms with Crippen LogP contribution in [0.1, 0.15) is 11.5 Å². The summed E-state index contributed by atoms with van der Waals surface area (Å²) in [6.07, 6.45) is 0. The lowest BCUT2D eigenvalue weighted by Gasteiger charge is -2.08. The summed E-state index contributed by atoms with van der Waals surface area (Å²) in [6.45, 7) is 2.25. The third-order valence-corrected chi connectivity index (χ3v) is 3.17. The van der Waals surface area contributed by atoms with Crippen LogP contribution in [0.5, 0.6) is 11.5 Å². The Morgan fingerprint density at radius 3 is 2.45 bits per heavy atom. The lowest BCUT2D eigenvalue weighted by Crippen LogP contribution is -1.95. The summed E-state index contributed by atoms with van der Waals surface area (Å²) in [5, 5.41) is 7.82. The largest absolute Gasteiger partial charge is 0.497 e. The van der Waals surface area contributed by atoms with E-state index in [1.807, 2.05) is 48.5 Å². The van der Waals surface area contributed by atoms with E-state index >= 15 is 0 Å². The van der Waals surface area contributed by atoms with Crippen LogP contribution in [0.3, 0.4) is 0 Å². The van der Waals surface area contributed by atoms with Crippen molar-refractivity contribution in [2.45, 2.75) is 13.5 Å². The maximum Gasteiger partial charge on any atom is 0.247 e. The van der Waals surface area contributed by atoms with Crippen molar-refractivity contribution in [3.05, 3.63) is 60.0 Å². The van der Waals surface area contributed by atoms with Crippen molar-refractivity contribution in [1.29, 1.82) is 0 Å². The number of benzene rings is 2. The van der Waals surface area contributed by atoms with E-state index in [9.17, 15) is 0 Å². The zero-order valence-electron chi connectivity index (χ0n) is 12.4. The molecule has 1 aromatic heterocycles. The molecule has 3 rings (SSSR count). The fraction of sp³-hybridized carbons (Fsp3) is 0.176. The van der Waals surface area contributed by atoms with E-state index in [0.717, 1.165) is 22.6 Å². The van der Waals surface area contributed by atoms with Gasteiger partial charge in [-0.05, 0) is 29.8 Å². The highest BCUT2D eigenvalue weighted by Gasteiger charge is 2.05. The van der Waals surface area contributed by atoms with Crippen LogP contribution in [0.4, 0.5) is 0 Å². The molecule has 0 fully saturated rings. The van der Waals surface area contributed by atoms with Gasteiger partial charge in [0, 0.05) is 18.6 Å². The first-order valence-electron chi connectivity index (χ1n) is 6.91. The lowest BCUT2D eigenvalue weighted by atomic mass is 10.1. The summed E-state index contributed by atoms with van der Waals surface area (Å²) >= 11 is 0. The van der Waals surface area contributed by atoms with Gasteiger partial charge in [-0.3, -0.25) is 0 Å². The third-order valence-electron chi connectivity index (χ3n) is 3.17. The van der Waals surface area contributed by atoms with Gasteiger partial charge in [-0.25, -0.2) is 0 Å². The first-order chi connectivity index (χ1) is 10.7. The molecule has 2 aromatic carbocycles. The highest BCUT2D eigenvalue weighted by Crippen LogP contribution is 2.21. The van der Waals surface area contributed by atoms with E-state index in [-0.39, 0.29) is 0 Å². The zero-order valence-corrected chi connectivity index (χ0v) is 12.4. The highest BCUT2D eigenvalue weighted by molar-refractivity contribution is 5.52. The van der Waals surface area contributed by atoms with Gasteiger partial charge in [-0.2, -0.15) is 0 Å². The summed E-state index contributed by atoms with van der Waals surface area (Å²) in [6, 6.07) is 15.4. The van der Waals surface area contributed by atoms with Crippen molar-refractivity contribution < 1.29 is 13.9 Å². The summed E-state index contributed by atoms with van der Waals surface area (Å²) in [4.78, 5) is 0. The molecule has 22 heavy (non-hydrogen) atoms. The maximum atomic E-state index is 5.75. The first-order valence-corrected chi connectivity index (χ1v) is 6.91. The summed E-state index contributed by atoms with van der Waals surface area (Å²) in [5.74, 6) is 2.63. The van der Waals surface area contributed by atoms with Gasteiger partial charge < -0.3 is 13.9 Å². The Morgan fingerprint density at radius 2 is 1.77 bits per heavy atom. The normalized spacial score (nSPS) is 10.5. The van der Waals surface area contributed by atoms with Gasteiger partial charge in [0.25, 0.3) is 0 Å². The van der Waals surface area contributed by atoms with Crippen LogP contribution >= 0.6 is 0 Å². The van der Waals surface area contributed by atoms with Crippen LogP contribution in [0.2, 0.25) is 0 Å². The molecule has 0 saturated carbocycles. The zero-order chi connectivity index (χ0) is 15.4. The van der Waals surface area contributed by atoms with Gasteiger partial charge in [0.05, 0.1) is 7.11 Å². The molecule has 0 unspecified atom stereocenters. The second-order valence-corrected chi connectivity index (χ2v) is 4.79. The molecule has 3 aromatic rings. The van der Waals surface area contributed by atoms with Crippen LogP contribution in [0, 0.1) is 6.92 Å². The van der Waals surface area contributed by atoms with E-state index in [1.54, 1.807) is 14.0 Å². The topological polar surface area (TPSA) is 57.4 Å². The highest BCUT2D eigenvalue weighted by atomic mass is 16.5. The number of methoxy groups -OCH3 is 1. The fourth-order valence-corrected chi connectivity index (χ4v) is 2.01. The van der Waals surface area contributed by atoms with Crippen molar-refractivity contribution in [3.63, 3.8) is 0 Å². The SMILES string of the molecule is COc1cccc(OCc2ccc(-c3nnc(C)o3)cc2)c1. The molecule has 0 radical (unpaired) electrons. The van der Waals surface area contributed by atoms with Crippen LogP contribution < -0.4 is 9.47 Å². The fourth-order valence-electron chi connectivity index (χ4n) is 2.01. The van der Waals surface area contributed by atoms with Gasteiger partial charge in [-0.1, -0.05) is 18.2 Å². The van der Waals surface area contributed by atoms with Crippen LogP contribution in [-0.2, 0) is 6.61 Å².